The molecule has 0 amide bonds. The van der Waals surface area contributed by atoms with Gasteiger partial charge < -0.3 is 10.1 Å². The molecule has 0 aliphatic heterocycles. The molecule has 1 heterocycles. The quantitative estimate of drug-likeness (QED) is 0.328. The first kappa shape index (κ1) is 17.9. The molecule has 1 N–H and O–H groups in total. The van der Waals surface area contributed by atoms with E-state index in [4.69, 9.17) is 10.00 Å². The van der Waals surface area contributed by atoms with Crippen LogP contribution in [0.5, 0.6) is 0 Å². The largest absolute Gasteiger partial charge is 0.360 e. The van der Waals surface area contributed by atoms with Crippen LogP contribution in [0.3, 0.4) is 0 Å². The number of anilines is 1. The fraction of sp³-hybridized carbons (Fsp3) is 0.400. The third kappa shape index (κ3) is 6.52. The van der Waals surface area contributed by atoms with E-state index in [1.165, 1.54) is 6.20 Å². The molecule has 118 valence electrons. The lowest BCUT2D eigenvalue weighted by atomic mass is 10.3. The van der Waals surface area contributed by atoms with Crippen LogP contribution in [0.2, 0.25) is 25.7 Å². The average Bonchev–Trinajstić information content (AvgIpc) is 2.82. The lowest BCUT2D eigenvalue weighted by Crippen LogP contribution is -2.22. The van der Waals surface area contributed by atoms with Crippen molar-refractivity contribution in [3.8, 4) is 6.07 Å². The summed E-state index contributed by atoms with van der Waals surface area (Å²) in [6, 6.07) is 3.19. The van der Waals surface area contributed by atoms with E-state index < -0.39 is 8.07 Å². The van der Waals surface area contributed by atoms with Crippen LogP contribution in [0.25, 0.3) is 0 Å². The normalized spacial score (nSPS) is 11.4. The van der Waals surface area contributed by atoms with Gasteiger partial charge in [-0.05, 0) is 18.8 Å². The Labute approximate surface area is 132 Å². The number of nitrogens with one attached hydrogen (secondary N) is 1. The van der Waals surface area contributed by atoms with Gasteiger partial charge in [-0.3, -0.25) is 4.99 Å². The Balaban J connectivity index is 2.60. The first-order chi connectivity index (χ1) is 10.4. The molecule has 1 aromatic heterocycles. The second-order valence-electron chi connectivity index (χ2n) is 6.04. The van der Waals surface area contributed by atoms with Crippen molar-refractivity contribution in [3.63, 3.8) is 0 Å². The molecule has 1 aromatic rings. The van der Waals surface area contributed by atoms with E-state index >= 15 is 0 Å². The zero-order valence-corrected chi connectivity index (χ0v) is 14.5. The zero-order chi connectivity index (χ0) is 16.6. The number of aromatic nitrogens is 2. The van der Waals surface area contributed by atoms with Crippen LogP contribution in [-0.4, -0.2) is 31.2 Å². The van der Waals surface area contributed by atoms with Gasteiger partial charge >= 0.3 is 0 Å². The second-order valence-corrected chi connectivity index (χ2v) is 11.7. The molecule has 0 saturated carbocycles. The van der Waals surface area contributed by atoms with Crippen molar-refractivity contribution in [1.82, 2.24) is 9.78 Å². The second kappa shape index (κ2) is 8.31. The Hall–Kier alpha value is -2.17. The van der Waals surface area contributed by atoms with E-state index in [0.717, 1.165) is 6.04 Å². The summed E-state index contributed by atoms with van der Waals surface area (Å²) in [5, 5.41) is 16.4. The molecule has 0 unspecified atom stereocenters. The van der Waals surface area contributed by atoms with Crippen LogP contribution in [0.15, 0.2) is 35.7 Å². The molecule has 1 rings (SSSR count). The molecular weight excluding hydrogens is 294 g/mol. The van der Waals surface area contributed by atoms with E-state index in [9.17, 15) is 0 Å². The summed E-state index contributed by atoms with van der Waals surface area (Å²) in [6.45, 7) is 15.1. The fourth-order valence-corrected chi connectivity index (χ4v) is 2.29. The number of rotatable bonds is 9. The molecule has 0 aromatic carbocycles. The predicted octanol–water partition coefficient (Wildman–Crippen LogP) is 3.21. The van der Waals surface area contributed by atoms with E-state index in [0.29, 0.717) is 30.4 Å². The van der Waals surface area contributed by atoms with Gasteiger partial charge in [0.2, 0.25) is 0 Å². The summed E-state index contributed by atoms with van der Waals surface area (Å²) < 4.78 is 7.22. The van der Waals surface area contributed by atoms with Crippen molar-refractivity contribution in [2.75, 3.05) is 11.9 Å². The molecule has 0 spiro atoms. The summed E-state index contributed by atoms with van der Waals surface area (Å²) in [5.74, 6) is 0.454. The molecule has 7 heteroatoms. The molecule has 0 aliphatic carbocycles. The topological polar surface area (TPSA) is 75.2 Å². The maximum Gasteiger partial charge on any atom is 0.170 e. The van der Waals surface area contributed by atoms with Gasteiger partial charge in [-0.25, -0.2) is 4.68 Å². The molecular formula is C15H23N5OSi. The zero-order valence-electron chi connectivity index (χ0n) is 13.5. The third-order valence-electron chi connectivity index (χ3n) is 2.76. The van der Waals surface area contributed by atoms with Gasteiger partial charge in [0.15, 0.2) is 5.82 Å². The molecule has 0 radical (unpaired) electrons. The third-order valence-corrected chi connectivity index (χ3v) is 4.47. The number of hydrogen-bond acceptors (Lipinski definition) is 5. The van der Waals surface area contributed by atoms with Crippen molar-refractivity contribution in [2.24, 2.45) is 4.99 Å². The van der Waals surface area contributed by atoms with Crippen molar-refractivity contribution in [2.45, 2.75) is 32.4 Å². The summed E-state index contributed by atoms with van der Waals surface area (Å²) >= 11 is 0. The molecule has 0 saturated heterocycles. The molecule has 6 nitrogen and oxygen atoms in total. The highest BCUT2D eigenvalue weighted by molar-refractivity contribution is 6.76. The summed E-state index contributed by atoms with van der Waals surface area (Å²) in [4.78, 5) is 3.60. The van der Waals surface area contributed by atoms with Crippen LogP contribution >= 0.6 is 0 Å². The Morgan fingerprint density at radius 3 is 2.91 bits per heavy atom. The summed E-state index contributed by atoms with van der Waals surface area (Å²) in [5.41, 5.74) is 1.02. The maximum atomic E-state index is 9.14. The van der Waals surface area contributed by atoms with E-state index in [-0.39, 0.29) is 0 Å². The number of ether oxygens (including phenoxy) is 1. The van der Waals surface area contributed by atoms with Crippen molar-refractivity contribution in [3.05, 3.63) is 36.3 Å². The van der Waals surface area contributed by atoms with Crippen LogP contribution in [0.4, 0.5) is 5.82 Å². The summed E-state index contributed by atoms with van der Waals surface area (Å²) in [7, 11) is -1.10. The molecule has 0 bridgehead atoms. The lowest BCUT2D eigenvalue weighted by molar-refractivity contribution is 0.0787. The SMILES string of the molecule is C=N/C=C\C(=C)Nc1nn(COCC[Si](C)(C)C)cc1C#N. The lowest BCUT2D eigenvalue weighted by Gasteiger charge is -2.15. The molecule has 0 aliphatic rings. The number of nitriles is 1. The van der Waals surface area contributed by atoms with Crippen molar-refractivity contribution < 1.29 is 4.74 Å². The van der Waals surface area contributed by atoms with Gasteiger partial charge in [-0.1, -0.05) is 26.2 Å². The maximum absolute atomic E-state index is 9.14. The van der Waals surface area contributed by atoms with E-state index in [2.05, 4.69) is 54.4 Å². The first-order valence-electron chi connectivity index (χ1n) is 6.99. The summed E-state index contributed by atoms with van der Waals surface area (Å²) in [6.07, 6.45) is 4.81. The van der Waals surface area contributed by atoms with E-state index in [1.807, 2.05) is 0 Å². The van der Waals surface area contributed by atoms with Gasteiger partial charge in [0, 0.05) is 32.8 Å². The van der Waals surface area contributed by atoms with Crippen LogP contribution < -0.4 is 5.32 Å². The minimum atomic E-state index is -1.10. The highest BCUT2D eigenvalue weighted by Gasteiger charge is 2.13. The van der Waals surface area contributed by atoms with Gasteiger partial charge in [0.25, 0.3) is 0 Å². The van der Waals surface area contributed by atoms with E-state index in [1.54, 1.807) is 17.0 Å². The van der Waals surface area contributed by atoms with Crippen molar-refractivity contribution >= 4 is 20.6 Å². The Morgan fingerprint density at radius 2 is 2.32 bits per heavy atom. The molecule has 22 heavy (non-hydrogen) atoms. The van der Waals surface area contributed by atoms with Gasteiger partial charge in [0.1, 0.15) is 18.4 Å². The minimum Gasteiger partial charge on any atom is -0.360 e. The van der Waals surface area contributed by atoms with Crippen LogP contribution in [0, 0.1) is 11.3 Å². The number of hydrogen-bond donors (Lipinski definition) is 1. The Morgan fingerprint density at radius 1 is 1.59 bits per heavy atom. The molecule has 0 atom stereocenters. The highest BCUT2D eigenvalue weighted by Crippen LogP contribution is 2.14. The van der Waals surface area contributed by atoms with Gasteiger partial charge in [-0.15, -0.1) is 0 Å². The van der Waals surface area contributed by atoms with Crippen molar-refractivity contribution in [1.29, 1.82) is 5.26 Å². The number of allylic oxidation sites excluding steroid dienone is 1. The number of nitrogens with zero attached hydrogens (tertiary/aromatic N) is 4. The molecule has 0 fully saturated rings. The van der Waals surface area contributed by atoms with Gasteiger partial charge in [-0.2, -0.15) is 10.4 Å². The first-order valence-corrected chi connectivity index (χ1v) is 10.7. The van der Waals surface area contributed by atoms with Crippen LogP contribution in [-0.2, 0) is 11.5 Å². The van der Waals surface area contributed by atoms with Crippen LogP contribution in [0.1, 0.15) is 5.56 Å². The average molecular weight is 317 g/mol. The minimum absolute atomic E-state index is 0.331. The predicted molar refractivity (Wildman–Crippen MR) is 92.5 cm³/mol. The smallest absolute Gasteiger partial charge is 0.170 e. The van der Waals surface area contributed by atoms with Gasteiger partial charge in [0.05, 0.1) is 0 Å². The highest BCUT2D eigenvalue weighted by atomic mass is 28.3. The Bertz CT molecular complexity index is 592. The fourth-order valence-electron chi connectivity index (χ4n) is 1.53. The Kier molecular flexibility index (Phi) is 6.76. The standard InChI is InChI=1S/C15H23N5OSi/c1-13(6-7-17-2)18-15-14(10-16)11-20(19-15)12-21-8-9-22(3,4)5/h6-7,11H,1-2,8-9,12H2,3-5H3,(H,18,19)/b7-6-. The number of aliphatic imine (C=N–C) groups is 1. The monoisotopic (exact) mass is 317 g/mol.